The highest BCUT2D eigenvalue weighted by Gasteiger charge is 2.29. The number of nitrogens with zero attached hydrogens (tertiary/aromatic N) is 4. The van der Waals surface area contributed by atoms with E-state index < -0.39 is 0 Å². The van der Waals surface area contributed by atoms with Crippen molar-refractivity contribution in [3.8, 4) is 28.3 Å². The lowest BCUT2D eigenvalue weighted by Gasteiger charge is -2.32. The van der Waals surface area contributed by atoms with Gasteiger partial charge < -0.3 is 9.64 Å². The van der Waals surface area contributed by atoms with Gasteiger partial charge in [-0.05, 0) is 61.1 Å². The summed E-state index contributed by atoms with van der Waals surface area (Å²) in [5.74, 6) is 1.57. The number of aromatic nitrogens is 2. The zero-order valence-electron chi connectivity index (χ0n) is 19.2. The molecule has 1 aliphatic carbocycles. The van der Waals surface area contributed by atoms with Gasteiger partial charge in [0.15, 0.2) is 0 Å². The van der Waals surface area contributed by atoms with Gasteiger partial charge in [-0.1, -0.05) is 30.3 Å². The molecule has 2 aromatic carbocycles. The molecule has 2 aliphatic rings. The molecular weight excluding hydrogens is 420 g/mol. The minimum atomic E-state index is 0.228. The second-order valence-corrected chi connectivity index (χ2v) is 9.28. The average Bonchev–Trinajstić information content (AvgIpc) is 3.73. The van der Waals surface area contributed by atoms with Gasteiger partial charge in [0.25, 0.3) is 0 Å². The van der Waals surface area contributed by atoms with Crippen molar-refractivity contribution in [3.05, 3.63) is 78.1 Å². The molecule has 1 saturated carbocycles. The first-order valence-electron chi connectivity index (χ1n) is 12.0. The molecule has 0 radical (unpaired) electrons. The van der Waals surface area contributed by atoms with Crippen LogP contribution in [0.4, 0.5) is 5.82 Å². The molecule has 4 aromatic rings. The molecule has 34 heavy (non-hydrogen) atoms. The molecular formula is C29H26N4O. The van der Waals surface area contributed by atoms with Crippen molar-refractivity contribution in [1.82, 2.24) is 9.97 Å². The first-order valence-corrected chi connectivity index (χ1v) is 12.0. The number of pyridine rings is 2. The summed E-state index contributed by atoms with van der Waals surface area (Å²) < 4.78 is 5.67. The smallest absolute Gasteiger partial charge is 0.128 e. The van der Waals surface area contributed by atoms with Crippen LogP contribution in [-0.4, -0.2) is 35.8 Å². The fourth-order valence-electron chi connectivity index (χ4n) is 5.00. The molecule has 1 atom stereocenters. The Morgan fingerprint density at radius 1 is 0.941 bits per heavy atom. The molecule has 1 saturated heterocycles. The van der Waals surface area contributed by atoms with Gasteiger partial charge in [-0.3, -0.25) is 4.98 Å². The monoisotopic (exact) mass is 446 g/mol. The predicted molar refractivity (Wildman–Crippen MR) is 135 cm³/mol. The minimum Gasteiger partial charge on any atom is -0.375 e. The molecule has 1 unspecified atom stereocenters. The van der Waals surface area contributed by atoms with Gasteiger partial charge in [-0.25, -0.2) is 4.98 Å². The highest BCUT2D eigenvalue weighted by atomic mass is 16.5. The summed E-state index contributed by atoms with van der Waals surface area (Å²) in [7, 11) is 0. The van der Waals surface area contributed by atoms with Crippen LogP contribution in [0.15, 0.2) is 67.0 Å². The third-order valence-electron chi connectivity index (χ3n) is 6.87. The lowest BCUT2D eigenvalue weighted by Crippen LogP contribution is -2.41. The first kappa shape index (κ1) is 20.8. The maximum Gasteiger partial charge on any atom is 0.128 e. The van der Waals surface area contributed by atoms with Crippen LogP contribution in [0.2, 0.25) is 0 Å². The molecule has 5 heteroatoms. The van der Waals surface area contributed by atoms with Crippen LogP contribution in [0.25, 0.3) is 33.2 Å². The number of rotatable bonds is 4. The number of fused-ring (bicyclic) bond motifs is 1. The molecule has 0 amide bonds. The van der Waals surface area contributed by atoms with Crippen LogP contribution < -0.4 is 4.90 Å². The average molecular weight is 447 g/mol. The van der Waals surface area contributed by atoms with Gasteiger partial charge >= 0.3 is 0 Å². The Morgan fingerprint density at radius 3 is 2.47 bits per heavy atom. The number of ether oxygens (including phenoxy) is 1. The fraction of sp³-hybridized carbons (Fsp3) is 0.276. The van der Waals surface area contributed by atoms with Gasteiger partial charge in [-0.15, -0.1) is 0 Å². The predicted octanol–water partition coefficient (Wildman–Crippen LogP) is 5.94. The van der Waals surface area contributed by atoms with Crippen molar-refractivity contribution in [2.75, 3.05) is 24.6 Å². The summed E-state index contributed by atoms with van der Waals surface area (Å²) in [5.41, 5.74) is 7.55. The molecule has 0 bridgehead atoms. The van der Waals surface area contributed by atoms with Crippen LogP contribution in [0.5, 0.6) is 0 Å². The maximum absolute atomic E-state index is 9.14. The van der Waals surface area contributed by atoms with Crippen LogP contribution in [-0.2, 0) is 4.74 Å². The Hall–Kier alpha value is -3.75. The highest BCUT2D eigenvalue weighted by molar-refractivity contribution is 5.98. The van der Waals surface area contributed by atoms with Crippen molar-refractivity contribution in [1.29, 1.82) is 5.26 Å². The van der Waals surface area contributed by atoms with E-state index in [-0.39, 0.29) is 6.10 Å². The lowest BCUT2D eigenvalue weighted by atomic mass is 9.92. The second kappa shape index (κ2) is 8.55. The number of para-hydroxylation sites is 1. The zero-order valence-corrected chi connectivity index (χ0v) is 19.2. The Balaban J connectivity index is 1.41. The van der Waals surface area contributed by atoms with Gasteiger partial charge in [0.05, 0.1) is 29.9 Å². The summed E-state index contributed by atoms with van der Waals surface area (Å²) in [5, 5.41) is 10.4. The van der Waals surface area contributed by atoms with Crippen LogP contribution in [0, 0.1) is 11.3 Å². The van der Waals surface area contributed by atoms with Gasteiger partial charge in [0.1, 0.15) is 5.82 Å². The molecule has 0 N–H and O–H groups in total. The second-order valence-electron chi connectivity index (χ2n) is 9.28. The minimum absolute atomic E-state index is 0.228. The van der Waals surface area contributed by atoms with E-state index in [9.17, 15) is 0 Å². The molecule has 6 rings (SSSR count). The normalized spacial score (nSPS) is 18.1. The van der Waals surface area contributed by atoms with E-state index in [1.165, 1.54) is 29.4 Å². The zero-order chi connectivity index (χ0) is 23.1. The number of nitriles is 1. The van der Waals surface area contributed by atoms with Gasteiger partial charge in [0.2, 0.25) is 0 Å². The molecule has 2 aromatic heterocycles. The summed E-state index contributed by atoms with van der Waals surface area (Å²) in [6.45, 7) is 4.59. The quantitative estimate of drug-likeness (QED) is 0.388. The van der Waals surface area contributed by atoms with Gasteiger partial charge in [0, 0.05) is 47.6 Å². The van der Waals surface area contributed by atoms with Crippen LogP contribution >= 0.6 is 0 Å². The largest absolute Gasteiger partial charge is 0.375 e. The molecule has 0 spiro atoms. The van der Waals surface area contributed by atoms with Gasteiger partial charge in [-0.2, -0.15) is 5.26 Å². The summed E-state index contributed by atoms with van der Waals surface area (Å²) >= 11 is 0. The third kappa shape index (κ3) is 3.81. The molecule has 2 fully saturated rings. The molecule has 1 aliphatic heterocycles. The Bertz CT molecular complexity index is 1390. The fourth-order valence-corrected chi connectivity index (χ4v) is 5.00. The topological polar surface area (TPSA) is 62.0 Å². The third-order valence-corrected chi connectivity index (χ3v) is 6.87. The summed E-state index contributed by atoms with van der Waals surface area (Å²) in [6, 6.07) is 20.7. The van der Waals surface area contributed by atoms with Crippen molar-refractivity contribution in [2.45, 2.75) is 31.8 Å². The van der Waals surface area contributed by atoms with Crippen molar-refractivity contribution >= 4 is 16.7 Å². The van der Waals surface area contributed by atoms with E-state index >= 15 is 0 Å². The number of hydrogen-bond donors (Lipinski definition) is 0. The van der Waals surface area contributed by atoms with Crippen molar-refractivity contribution < 1.29 is 4.74 Å². The molecule has 168 valence electrons. The number of morpholine rings is 1. The van der Waals surface area contributed by atoms with E-state index in [0.29, 0.717) is 11.5 Å². The summed E-state index contributed by atoms with van der Waals surface area (Å²) in [6.07, 6.45) is 6.67. The standard InChI is InChI=1S/C29H26N4O/c1-19-18-33(13-14-34-19)27-12-11-23(16-31-27)26-17-32-29-24(21-7-5-20(15-30)6-8-21)3-2-4-25(29)28(26)22-9-10-22/h2-8,11-12,16-17,19,22H,9-10,13-14,18H2,1H3. The molecule has 5 nitrogen and oxygen atoms in total. The Morgan fingerprint density at radius 2 is 1.76 bits per heavy atom. The lowest BCUT2D eigenvalue weighted by molar-refractivity contribution is 0.0529. The van der Waals surface area contributed by atoms with E-state index in [0.717, 1.165) is 47.7 Å². The van der Waals surface area contributed by atoms with Crippen molar-refractivity contribution in [2.24, 2.45) is 0 Å². The van der Waals surface area contributed by atoms with Crippen LogP contribution in [0.3, 0.4) is 0 Å². The SMILES string of the molecule is CC1CN(c2ccc(-c3cnc4c(-c5ccc(C#N)cc5)cccc4c3C3CC3)cn2)CCO1. The number of hydrogen-bond acceptors (Lipinski definition) is 5. The highest BCUT2D eigenvalue weighted by Crippen LogP contribution is 2.48. The van der Waals surface area contributed by atoms with E-state index in [1.807, 2.05) is 36.7 Å². The molecule has 3 heterocycles. The Labute approximate surface area is 199 Å². The van der Waals surface area contributed by atoms with Crippen LogP contribution in [0.1, 0.15) is 36.8 Å². The van der Waals surface area contributed by atoms with E-state index in [1.54, 1.807) is 0 Å². The summed E-state index contributed by atoms with van der Waals surface area (Å²) in [4.78, 5) is 12.1. The Kier molecular flexibility index (Phi) is 5.24. The number of anilines is 1. The van der Waals surface area contributed by atoms with E-state index in [4.69, 9.17) is 20.0 Å². The van der Waals surface area contributed by atoms with E-state index in [2.05, 4.69) is 48.2 Å². The maximum atomic E-state index is 9.14. The number of benzene rings is 2. The van der Waals surface area contributed by atoms with Crippen molar-refractivity contribution in [3.63, 3.8) is 0 Å². The first-order chi connectivity index (χ1) is 16.7.